The van der Waals surface area contributed by atoms with E-state index in [0.29, 0.717) is 42.9 Å². The van der Waals surface area contributed by atoms with E-state index >= 15 is 4.39 Å². The molecule has 49 heavy (non-hydrogen) atoms. The second kappa shape index (κ2) is 14.9. The molecule has 0 radical (unpaired) electrons. The average Bonchev–Trinajstić information content (AvgIpc) is 3.46. The van der Waals surface area contributed by atoms with Crippen molar-refractivity contribution in [3.8, 4) is 27.3 Å². The van der Waals surface area contributed by atoms with Crippen molar-refractivity contribution in [2.24, 2.45) is 0 Å². The quantitative estimate of drug-likeness (QED) is 0.164. The largest absolute Gasteiger partial charge is 0.493 e. The molecule has 3 N–H and O–H groups in total. The van der Waals surface area contributed by atoms with Gasteiger partial charge in [-0.15, -0.1) is 11.3 Å². The topological polar surface area (TPSA) is 145 Å². The summed E-state index contributed by atoms with van der Waals surface area (Å²) in [6, 6.07) is 12.5. The second-order valence-electron chi connectivity index (χ2n) is 12.2. The zero-order chi connectivity index (χ0) is 35.3. The van der Waals surface area contributed by atoms with E-state index in [-0.39, 0.29) is 40.3 Å². The number of methoxy groups -OCH3 is 1. The Labute approximate surface area is 287 Å². The van der Waals surface area contributed by atoms with Crippen LogP contribution < -0.4 is 20.7 Å². The highest BCUT2D eigenvalue weighted by Crippen LogP contribution is 2.43. The maximum Gasteiger partial charge on any atom is 0.407 e. The van der Waals surface area contributed by atoms with Gasteiger partial charge in [0.1, 0.15) is 22.9 Å². The van der Waals surface area contributed by atoms with Crippen LogP contribution >= 0.6 is 11.3 Å². The van der Waals surface area contributed by atoms with Gasteiger partial charge in [0, 0.05) is 57.9 Å². The van der Waals surface area contributed by atoms with Crippen molar-refractivity contribution in [3.63, 3.8) is 0 Å². The molecule has 13 heteroatoms. The zero-order valence-electron chi connectivity index (χ0n) is 27.8. The molecule has 1 aliphatic rings. The molecule has 0 saturated heterocycles. The fourth-order valence-electron chi connectivity index (χ4n) is 5.16. The van der Waals surface area contributed by atoms with Gasteiger partial charge >= 0.3 is 12.1 Å². The van der Waals surface area contributed by atoms with E-state index in [1.807, 2.05) is 18.4 Å². The summed E-state index contributed by atoms with van der Waals surface area (Å²) in [5.41, 5.74) is 1.92. The van der Waals surface area contributed by atoms with Gasteiger partial charge in [-0.25, -0.2) is 19.0 Å². The molecular formula is C36H37FN4O7S. The van der Waals surface area contributed by atoms with E-state index in [2.05, 4.69) is 20.9 Å². The molecule has 0 aliphatic carbocycles. The minimum absolute atomic E-state index is 0.00885. The number of hydrogen-bond acceptors (Lipinski definition) is 9. The number of nitrogens with zero attached hydrogens (tertiary/aromatic N) is 1. The summed E-state index contributed by atoms with van der Waals surface area (Å²) in [5.74, 6) is -2.01. The van der Waals surface area contributed by atoms with Crippen molar-refractivity contribution in [2.45, 2.75) is 52.7 Å². The molecule has 0 spiro atoms. The highest BCUT2D eigenvalue weighted by Gasteiger charge is 2.27. The second-order valence-corrected chi connectivity index (χ2v) is 13.1. The van der Waals surface area contributed by atoms with Gasteiger partial charge in [0.2, 0.25) is 0 Å². The van der Waals surface area contributed by atoms with Crippen molar-refractivity contribution in [3.05, 3.63) is 87.8 Å². The first kappa shape index (κ1) is 35.0. The Hall–Kier alpha value is -5.30. The summed E-state index contributed by atoms with van der Waals surface area (Å²) in [7, 11) is 1.20. The van der Waals surface area contributed by atoms with E-state index in [4.69, 9.17) is 14.2 Å². The van der Waals surface area contributed by atoms with Gasteiger partial charge in [-0.05, 0) is 80.6 Å². The maximum atomic E-state index is 15.1. The van der Waals surface area contributed by atoms with Crippen molar-refractivity contribution in [1.82, 2.24) is 15.6 Å². The summed E-state index contributed by atoms with van der Waals surface area (Å²) < 4.78 is 31.5. The van der Waals surface area contributed by atoms with Gasteiger partial charge in [-0.3, -0.25) is 9.59 Å². The fourth-order valence-corrected chi connectivity index (χ4v) is 6.14. The first-order valence-corrected chi connectivity index (χ1v) is 16.6. The number of benzene rings is 2. The number of carbonyl (C=O) groups is 4. The Bertz CT molecular complexity index is 1920. The van der Waals surface area contributed by atoms with E-state index in [9.17, 15) is 19.2 Å². The highest BCUT2D eigenvalue weighted by atomic mass is 32.1. The average molecular weight is 689 g/mol. The molecule has 256 valence electrons. The molecule has 3 heterocycles. The zero-order valence-corrected chi connectivity index (χ0v) is 28.6. The number of ether oxygens (including phenoxy) is 3. The van der Waals surface area contributed by atoms with Crippen LogP contribution in [0.5, 0.6) is 5.75 Å². The van der Waals surface area contributed by atoms with Crippen molar-refractivity contribution < 1.29 is 37.8 Å². The minimum Gasteiger partial charge on any atom is -0.493 e. The summed E-state index contributed by atoms with van der Waals surface area (Å²) >= 11 is 1.51. The number of nitrogens with one attached hydrogen (secondary N) is 3. The molecule has 3 amide bonds. The van der Waals surface area contributed by atoms with Crippen molar-refractivity contribution >= 4 is 40.9 Å². The smallest absolute Gasteiger partial charge is 0.407 e. The van der Waals surface area contributed by atoms with Crippen LogP contribution in [0.15, 0.2) is 53.9 Å². The van der Waals surface area contributed by atoms with Crippen LogP contribution in [0, 0.1) is 5.82 Å². The van der Waals surface area contributed by atoms with E-state index in [1.54, 1.807) is 32.9 Å². The monoisotopic (exact) mass is 688 g/mol. The summed E-state index contributed by atoms with van der Waals surface area (Å²) in [4.78, 5) is 57.2. The lowest BCUT2D eigenvalue weighted by atomic mass is 9.93. The van der Waals surface area contributed by atoms with Crippen LogP contribution in [0.3, 0.4) is 0 Å². The molecule has 2 aromatic carbocycles. The third-order valence-electron chi connectivity index (χ3n) is 7.45. The lowest BCUT2D eigenvalue weighted by Crippen LogP contribution is -2.32. The first-order valence-electron chi connectivity index (χ1n) is 15.7. The Morgan fingerprint density at radius 3 is 2.49 bits per heavy atom. The third-order valence-corrected chi connectivity index (χ3v) is 8.44. The number of carbonyl (C=O) groups excluding carboxylic acids is 4. The summed E-state index contributed by atoms with van der Waals surface area (Å²) in [6.45, 7) is 7.78. The molecule has 4 aromatic rings. The number of alkyl carbamates (subject to hydrolysis) is 1. The van der Waals surface area contributed by atoms with Gasteiger partial charge in [-0.1, -0.05) is 13.0 Å². The van der Waals surface area contributed by atoms with Gasteiger partial charge in [0.05, 0.1) is 13.7 Å². The first-order chi connectivity index (χ1) is 23.4. The molecule has 0 fully saturated rings. The predicted octanol–water partition coefficient (Wildman–Crippen LogP) is 6.75. The van der Waals surface area contributed by atoms with Crippen molar-refractivity contribution in [1.29, 1.82) is 0 Å². The van der Waals surface area contributed by atoms with E-state index in [0.717, 1.165) is 16.5 Å². The number of anilines is 1. The molecular weight excluding hydrogens is 651 g/mol. The van der Waals surface area contributed by atoms with Crippen LogP contribution in [-0.4, -0.2) is 54.7 Å². The Kier molecular flexibility index (Phi) is 10.6. The van der Waals surface area contributed by atoms with Crippen molar-refractivity contribution in [2.75, 3.05) is 25.6 Å². The number of halogens is 1. The molecule has 0 bridgehead atoms. The number of thiophene rings is 1. The normalized spacial score (nSPS) is 12.0. The van der Waals surface area contributed by atoms with Crippen LogP contribution in [0.1, 0.15) is 76.6 Å². The number of pyridine rings is 1. The Balaban J connectivity index is 1.54. The maximum absolute atomic E-state index is 15.1. The number of amides is 3. The molecule has 0 unspecified atom stereocenters. The van der Waals surface area contributed by atoms with Crippen LogP contribution in [0.2, 0.25) is 0 Å². The molecule has 0 atom stereocenters. The summed E-state index contributed by atoms with van der Waals surface area (Å²) in [5, 5.41) is 9.99. The van der Waals surface area contributed by atoms with Gasteiger partial charge < -0.3 is 30.2 Å². The molecule has 1 aliphatic heterocycles. The standard InChI is InChI=1S/C36H37FN4O7S/c1-6-13-38-33(43)28-10-9-23(30(41-28)34(44)46-5)24-18-29-26(31-20(11-14-47-29)12-15-49-31)17-25(24)32(42)40-22-8-7-21(27(37)16-22)19-39-35(45)48-36(2,3)4/h7-10,12,15-18H,6,11,13-14,19H2,1-5H3,(H,38,43)(H,39,45)(H,40,42). The van der Waals surface area contributed by atoms with Gasteiger partial charge in [0.25, 0.3) is 11.8 Å². The van der Waals surface area contributed by atoms with E-state index < -0.39 is 35.3 Å². The number of esters is 1. The highest BCUT2D eigenvalue weighted by molar-refractivity contribution is 7.13. The van der Waals surface area contributed by atoms with Gasteiger partial charge in [0.15, 0.2) is 5.69 Å². The van der Waals surface area contributed by atoms with E-state index in [1.165, 1.54) is 42.7 Å². The fraction of sp³-hybridized carbons (Fsp3) is 0.306. The lowest BCUT2D eigenvalue weighted by molar-refractivity contribution is 0.0521. The number of fused-ring (bicyclic) bond motifs is 3. The molecule has 0 saturated carbocycles. The molecule has 11 nitrogen and oxygen atoms in total. The van der Waals surface area contributed by atoms with Crippen LogP contribution in [0.25, 0.3) is 21.6 Å². The molecule has 5 rings (SSSR count). The number of hydrogen-bond donors (Lipinski definition) is 3. The SMILES string of the molecule is CCCNC(=O)c1ccc(-c2cc3c(cc2C(=O)Nc2ccc(CNC(=O)OC(C)(C)C)c(F)c2)-c2sccc2CCO3)c(C(=O)OC)n1. The predicted molar refractivity (Wildman–Crippen MR) is 184 cm³/mol. The summed E-state index contributed by atoms with van der Waals surface area (Å²) in [6.07, 6.45) is 0.686. The van der Waals surface area contributed by atoms with Crippen LogP contribution in [-0.2, 0) is 22.4 Å². The Morgan fingerprint density at radius 2 is 1.78 bits per heavy atom. The number of rotatable bonds is 9. The lowest BCUT2D eigenvalue weighted by Gasteiger charge is -2.19. The van der Waals surface area contributed by atoms with Gasteiger partial charge in [-0.2, -0.15) is 0 Å². The third kappa shape index (κ3) is 8.23. The van der Waals surface area contributed by atoms with Crippen LogP contribution in [0.4, 0.5) is 14.9 Å². The number of aromatic nitrogens is 1. The molecule has 2 aromatic heterocycles. The Morgan fingerprint density at radius 1 is 0.980 bits per heavy atom. The minimum atomic E-state index is -0.805.